The minimum atomic E-state index is -3.60. The standard InChI is InChI=1S/C20H24N2O7S/c1-5-30(24,25)22(2)15-10-18(27-4)17(26-3)9-14(15)20(23)21-11-13-6-7-16-19(8-13)29-12-28-16/h6-10H,5,11-12H2,1-4H3,(H,21,23). The van der Waals surface area contributed by atoms with Crippen LogP contribution in [-0.4, -0.2) is 48.1 Å². The van der Waals surface area contributed by atoms with Gasteiger partial charge >= 0.3 is 0 Å². The van der Waals surface area contributed by atoms with Gasteiger partial charge in [0.2, 0.25) is 16.8 Å². The molecule has 1 aliphatic rings. The maximum atomic E-state index is 13.0. The second kappa shape index (κ2) is 8.70. The fraction of sp³-hybridized carbons (Fsp3) is 0.350. The van der Waals surface area contributed by atoms with E-state index in [9.17, 15) is 13.2 Å². The van der Waals surface area contributed by atoms with Gasteiger partial charge in [0.25, 0.3) is 5.91 Å². The minimum absolute atomic E-state index is 0.115. The number of amides is 1. The van der Waals surface area contributed by atoms with Crippen LogP contribution in [0.3, 0.4) is 0 Å². The molecule has 2 aromatic carbocycles. The number of nitrogens with zero attached hydrogens (tertiary/aromatic N) is 1. The Morgan fingerprint density at radius 3 is 2.43 bits per heavy atom. The van der Waals surface area contributed by atoms with Crippen molar-refractivity contribution in [3.05, 3.63) is 41.5 Å². The van der Waals surface area contributed by atoms with Gasteiger partial charge in [0.1, 0.15) is 0 Å². The summed E-state index contributed by atoms with van der Waals surface area (Å²) in [6.45, 7) is 1.91. The van der Waals surface area contributed by atoms with E-state index in [1.54, 1.807) is 12.1 Å². The summed E-state index contributed by atoms with van der Waals surface area (Å²) >= 11 is 0. The van der Waals surface area contributed by atoms with Crippen molar-refractivity contribution >= 4 is 21.6 Å². The van der Waals surface area contributed by atoms with Gasteiger partial charge in [-0.05, 0) is 30.7 Å². The Bertz CT molecular complexity index is 1050. The number of carbonyl (C=O) groups excluding carboxylic acids is 1. The van der Waals surface area contributed by atoms with E-state index < -0.39 is 15.9 Å². The van der Waals surface area contributed by atoms with Crippen LogP contribution in [-0.2, 0) is 16.6 Å². The van der Waals surface area contributed by atoms with Gasteiger partial charge in [0.15, 0.2) is 23.0 Å². The highest BCUT2D eigenvalue weighted by atomic mass is 32.2. The normalized spacial score (nSPS) is 12.4. The van der Waals surface area contributed by atoms with E-state index in [0.29, 0.717) is 23.0 Å². The van der Waals surface area contributed by atoms with Crippen LogP contribution in [0.2, 0.25) is 0 Å². The van der Waals surface area contributed by atoms with E-state index >= 15 is 0 Å². The van der Waals surface area contributed by atoms with E-state index in [0.717, 1.165) is 9.87 Å². The lowest BCUT2D eigenvalue weighted by Crippen LogP contribution is -2.31. The molecule has 0 unspecified atom stereocenters. The van der Waals surface area contributed by atoms with Crippen LogP contribution in [0.15, 0.2) is 30.3 Å². The summed E-state index contributed by atoms with van der Waals surface area (Å²) in [6, 6.07) is 8.31. The van der Waals surface area contributed by atoms with Crippen LogP contribution in [0.4, 0.5) is 5.69 Å². The van der Waals surface area contributed by atoms with Crippen LogP contribution in [0.5, 0.6) is 23.0 Å². The average Bonchev–Trinajstić information content (AvgIpc) is 3.23. The molecule has 1 aliphatic heterocycles. The van der Waals surface area contributed by atoms with E-state index in [-0.39, 0.29) is 30.3 Å². The lowest BCUT2D eigenvalue weighted by Gasteiger charge is -2.23. The molecule has 1 N–H and O–H groups in total. The molecule has 0 aromatic heterocycles. The molecular weight excluding hydrogens is 412 g/mol. The summed E-state index contributed by atoms with van der Waals surface area (Å²) in [5.41, 5.74) is 1.15. The van der Waals surface area contributed by atoms with Crippen LogP contribution in [0.1, 0.15) is 22.8 Å². The van der Waals surface area contributed by atoms with Crippen molar-refractivity contribution in [1.82, 2.24) is 5.32 Å². The molecule has 9 nitrogen and oxygen atoms in total. The number of hydrogen-bond donors (Lipinski definition) is 1. The Kier molecular flexibility index (Phi) is 6.25. The van der Waals surface area contributed by atoms with Gasteiger partial charge < -0.3 is 24.3 Å². The summed E-state index contributed by atoms with van der Waals surface area (Å²) in [5, 5.41) is 2.81. The molecule has 0 spiro atoms. The van der Waals surface area contributed by atoms with Gasteiger partial charge in [-0.2, -0.15) is 0 Å². The number of anilines is 1. The fourth-order valence-corrected chi connectivity index (χ4v) is 3.82. The molecule has 2 aromatic rings. The van der Waals surface area contributed by atoms with Crippen molar-refractivity contribution in [2.24, 2.45) is 0 Å². The third-order valence-corrected chi connectivity index (χ3v) is 6.52. The molecule has 10 heteroatoms. The topological polar surface area (TPSA) is 103 Å². The number of hydrogen-bond acceptors (Lipinski definition) is 7. The Balaban J connectivity index is 1.91. The summed E-state index contributed by atoms with van der Waals surface area (Å²) in [7, 11) is 0.681. The molecule has 0 radical (unpaired) electrons. The molecule has 0 atom stereocenters. The zero-order valence-corrected chi connectivity index (χ0v) is 18.0. The number of rotatable bonds is 8. The fourth-order valence-electron chi connectivity index (χ4n) is 2.98. The number of sulfonamides is 1. The first-order valence-electron chi connectivity index (χ1n) is 9.20. The van der Waals surface area contributed by atoms with Crippen molar-refractivity contribution < 1.29 is 32.2 Å². The lowest BCUT2D eigenvalue weighted by molar-refractivity contribution is 0.0951. The monoisotopic (exact) mass is 436 g/mol. The van der Waals surface area contributed by atoms with Crippen molar-refractivity contribution in [2.75, 3.05) is 38.1 Å². The summed E-state index contributed by atoms with van der Waals surface area (Å²) < 4.78 is 47.1. The number of carbonyl (C=O) groups is 1. The molecule has 162 valence electrons. The predicted octanol–water partition coefficient (Wildman–Crippen LogP) is 2.15. The van der Waals surface area contributed by atoms with Crippen molar-refractivity contribution in [1.29, 1.82) is 0 Å². The predicted molar refractivity (Wildman–Crippen MR) is 111 cm³/mol. The van der Waals surface area contributed by atoms with Crippen molar-refractivity contribution in [3.63, 3.8) is 0 Å². The molecule has 0 saturated carbocycles. The Labute approximate surface area is 175 Å². The third kappa shape index (κ3) is 4.23. The highest BCUT2D eigenvalue weighted by Gasteiger charge is 2.25. The van der Waals surface area contributed by atoms with E-state index in [1.165, 1.54) is 40.3 Å². The maximum Gasteiger partial charge on any atom is 0.253 e. The maximum absolute atomic E-state index is 13.0. The van der Waals surface area contributed by atoms with Crippen molar-refractivity contribution in [3.8, 4) is 23.0 Å². The molecule has 1 amide bonds. The molecule has 0 saturated heterocycles. The van der Waals surface area contributed by atoms with Gasteiger partial charge in [-0.3, -0.25) is 9.10 Å². The smallest absolute Gasteiger partial charge is 0.253 e. The molecule has 0 aliphatic carbocycles. The second-order valence-electron chi connectivity index (χ2n) is 6.46. The van der Waals surface area contributed by atoms with Crippen LogP contribution >= 0.6 is 0 Å². The minimum Gasteiger partial charge on any atom is -0.493 e. The number of benzene rings is 2. The first kappa shape index (κ1) is 21.6. The van der Waals surface area contributed by atoms with E-state index in [1.807, 2.05) is 6.07 Å². The SMILES string of the molecule is CCS(=O)(=O)N(C)c1cc(OC)c(OC)cc1C(=O)NCc1ccc2c(c1)OCO2. The Morgan fingerprint density at radius 1 is 1.10 bits per heavy atom. The van der Waals surface area contributed by atoms with Gasteiger partial charge in [0, 0.05) is 19.7 Å². The van der Waals surface area contributed by atoms with Gasteiger partial charge in [-0.1, -0.05) is 6.07 Å². The molecule has 0 fully saturated rings. The largest absolute Gasteiger partial charge is 0.493 e. The third-order valence-electron chi connectivity index (χ3n) is 4.76. The number of methoxy groups -OCH3 is 2. The summed E-state index contributed by atoms with van der Waals surface area (Å²) in [4.78, 5) is 13.0. The van der Waals surface area contributed by atoms with E-state index in [4.69, 9.17) is 18.9 Å². The molecule has 3 rings (SSSR count). The second-order valence-corrected chi connectivity index (χ2v) is 8.75. The molecular formula is C20H24N2O7S. The highest BCUT2D eigenvalue weighted by molar-refractivity contribution is 7.92. The van der Waals surface area contributed by atoms with Crippen LogP contribution in [0.25, 0.3) is 0 Å². The average molecular weight is 436 g/mol. The molecule has 0 bridgehead atoms. The van der Waals surface area contributed by atoms with E-state index in [2.05, 4.69) is 5.32 Å². The zero-order valence-electron chi connectivity index (χ0n) is 17.2. The highest BCUT2D eigenvalue weighted by Crippen LogP contribution is 2.36. The summed E-state index contributed by atoms with van der Waals surface area (Å²) in [5.74, 6) is 1.33. The summed E-state index contributed by atoms with van der Waals surface area (Å²) in [6.07, 6.45) is 0. The first-order chi connectivity index (χ1) is 14.3. The van der Waals surface area contributed by atoms with Crippen LogP contribution in [0, 0.1) is 0 Å². The van der Waals surface area contributed by atoms with Crippen molar-refractivity contribution in [2.45, 2.75) is 13.5 Å². The zero-order chi connectivity index (χ0) is 21.9. The Morgan fingerprint density at radius 2 is 1.77 bits per heavy atom. The van der Waals surface area contributed by atoms with Gasteiger partial charge in [-0.15, -0.1) is 0 Å². The van der Waals surface area contributed by atoms with Gasteiger partial charge in [0.05, 0.1) is 31.2 Å². The first-order valence-corrected chi connectivity index (χ1v) is 10.8. The van der Waals surface area contributed by atoms with Crippen LogP contribution < -0.4 is 28.6 Å². The molecule has 1 heterocycles. The molecule has 30 heavy (non-hydrogen) atoms. The van der Waals surface area contributed by atoms with Gasteiger partial charge in [-0.25, -0.2) is 8.42 Å². The number of ether oxygens (including phenoxy) is 4. The number of nitrogens with one attached hydrogen (secondary N) is 1. The number of fused-ring (bicyclic) bond motifs is 1. The lowest BCUT2D eigenvalue weighted by atomic mass is 10.1. The quantitative estimate of drug-likeness (QED) is 0.676. The Hall–Kier alpha value is -3.14.